The zero-order valence-corrected chi connectivity index (χ0v) is 30.1. The Bertz CT molecular complexity index is 1810. The van der Waals surface area contributed by atoms with Crippen LogP contribution in [0.4, 0.5) is 0 Å². The van der Waals surface area contributed by atoms with Gasteiger partial charge in [0.15, 0.2) is 37.9 Å². The molecule has 58 heavy (non-hydrogen) atoms. The van der Waals surface area contributed by atoms with Gasteiger partial charge in [-0.15, -0.1) is 20.2 Å². The lowest BCUT2D eigenvalue weighted by Crippen LogP contribution is -2.24. The van der Waals surface area contributed by atoms with Gasteiger partial charge in [-0.25, -0.2) is 28.8 Å². The summed E-state index contributed by atoms with van der Waals surface area (Å²) >= 11 is 0. The highest BCUT2D eigenvalue weighted by Gasteiger charge is 2.22. The molecule has 25 heteroatoms. The molecular weight excluding hydrogens is 792 g/mol. The number of phenolic OH excluding ortho intramolecular Hbond substituents is 1. The number of benzene rings is 2. The average Bonchev–Trinajstić information content (AvgIpc) is 3.17. The van der Waals surface area contributed by atoms with Crippen LogP contribution < -0.4 is 9.47 Å². The van der Waals surface area contributed by atoms with Crippen molar-refractivity contribution in [3.63, 3.8) is 0 Å². The van der Waals surface area contributed by atoms with Crippen molar-refractivity contribution in [3.05, 3.63) is 73.8 Å². The molecule has 314 valence electrons. The van der Waals surface area contributed by atoms with Gasteiger partial charge in [0.05, 0.1) is 26.4 Å². The number of para-hydroxylation sites is 2. The van der Waals surface area contributed by atoms with Crippen LogP contribution in [0, 0.1) is 20.2 Å². The lowest BCUT2D eigenvalue weighted by molar-refractivity contribution is -0.757. The smallest absolute Gasteiger partial charge is 0.349 e. The van der Waals surface area contributed by atoms with E-state index in [1.807, 2.05) is 0 Å². The molecule has 2 aromatic carbocycles. The lowest BCUT2D eigenvalue weighted by Gasteiger charge is -2.11. The number of unbranched alkanes of at least 4 members (excludes halogenated alkanes) is 2. The summed E-state index contributed by atoms with van der Waals surface area (Å²) in [6.45, 7) is -4.47. The van der Waals surface area contributed by atoms with Crippen LogP contribution >= 0.6 is 0 Å². The first-order chi connectivity index (χ1) is 27.7. The molecule has 0 radical (unpaired) electrons. The first-order valence-corrected chi connectivity index (χ1v) is 16.5. The Balaban J connectivity index is 1.72. The van der Waals surface area contributed by atoms with Gasteiger partial charge in [0.1, 0.15) is 23.3 Å². The van der Waals surface area contributed by atoms with E-state index in [1.54, 1.807) is 0 Å². The van der Waals surface area contributed by atoms with Gasteiger partial charge < -0.3 is 52.7 Å². The van der Waals surface area contributed by atoms with Gasteiger partial charge in [-0.2, -0.15) is 0 Å². The van der Waals surface area contributed by atoms with Crippen LogP contribution in [-0.4, -0.2) is 116 Å². The fourth-order valence-corrected chi connectivity index (χ4v) is 3.84. The second-order valence-electron chi connectivity index (χ2n) is 10.7. The molecule has 0 saturated heterocycles. The molecule has 0 saturated carbocycles. The fraction of sp³-hybridized carbons (Fsp3) is 0.394. The van der Waals surface area contributed by atoms with E-state index in [1.165, 1.54) is 30.3 Å². The van der Waals surface area contributed by atoms with Crippen LogP contribution in [0.3, 0.4) is 0 Å². The lowest BCUT2D eigenvalue weighted by atomic mass is 10.2. The van der Waals surface area contributed by atoms with Crippen LogP contribution in [0.5, 0.6) is 17.2 Å². The molecular formula is C33H34N2O23. The molecule has 25 nitrogen and oxygen atoms in total. The van der Waals surface area contributed by atoms with E-state index >= 15 is 0 Å². The minimum atomic E-state index is -1.30. The molecule has 0 heterocycles. The maximum Gasteiger partial charge on any atom is 0.349 e. The van der Waals surface area contributed by atoms with E-state index in [2.05, 4.69) is 19.1 Å². The van der Waals surface area contributed by atoms with Gasteiger partial charge in [-0.05, 0) is 49.9 Å². The summed E-state index contributed by atoms with van der Waals surface area (Å²) in [5.74, 6) is -11.1. The van der Waals surface area contributed by atoms with Crippen LogP contribution in [0.25, 0.3) is 0 Å². The third kappa shape index (κ3) is 19.1. The molecule has 1 N–H and O–H groups in total. The Labute approximate surface area is 325 Å². The second-order valence-corrected chi connectivity index (χ2v) is 10.7. The van der Waals surface area contributed by atoms with Gasteiger partial charge in [0.2, 0.25) is 0 Å². The molecule has 0 spiro atoms. The topological polar surface area (TPSA) is 335 Å². The summed E-state index contributed by atoms with van der Waals surface area (Å²) in [5, 5.41) is 28.6. The Morgan fingerprint density at radius 1 is 0.483 bits per heavy atom. The minimum absolute atomic E-state index is 0.124. The molecule has 2 rings (SSSR count). The van der Waals surface area contributed by atoms with E-state index in [4.69, 9.17) is 28.4 Å². The number of hydrogen-bond acceptors (Lipinski definition) is 23. The SMILES string of the molecule is O=C(COC(=O)c1ccccc1OC(=O)COC(=O)CC(=O)OCC(=O)Oc1cccc(C(=O)OCC(=O)OCCCCO[N+](=O)[O-])c1O)OCCCCO[N+](=O)[O-]. The van der Waals surface area contributed by atoms with E-state index in [9.17, 15) is 63.7 Å². The van der Waals surface area contributed by atoms with E-state index in [-0.39, 0.29) is 63.4 Å². The van der Waals surface area contributed by atoms with Crippen LogP contribution in [0.15, 0.2) is 42.5 Å². The predicted octanol–water partition coefficient (Wildman–Crippen LogP) is 0.757. The Kier molecular flexibility index (Phi) is 20.4. The van der Waals surface area contributed by atoms with Gasteiger partial charge in [0, 0.05) is 0 Å². The molecule has 0 aliphatic heterocycles. The van der Waals surface area contributed by atoms with Crippen molar-refractivity contribution in [2.24, 2.45) is 0 Å². The first-order valence-electron chi connectivity index (χ1n) is 16.5. The summed E-state index contributed by atoms with van der Waals surface area (Å²) in [6, 6.07) is 8.46. The van der Waals surface area contributed by atoms with Gasteiger partial charge in [-0.1, -0.05) is 18.2 Å². The molecule has 0 aliphatic rings. The molecule has 2 aromatic rings. The summed E-state index contributed by atoms with van der Waals surface area (Å²) in [6.07, 6.45) is -0.187. The van der Waals surface area contributed by atoms with Crippen molar-refractivity contribution in [1.82, 2.24) is 0 Å². The van der Waals surface area contributed by atoms with Gasteiger partial charge >= 0.3 is 47.8 Å². The number of ether oxygens (including phenoxy) is 8. The largest absolute Gasteiger partial charge is 0.504 e. The monoisotopic (exact) mass is 826 g/mol. The summed E-state index contributed by atoms with van der Waals surface area (Å²) < 4.78 is 38.4. The van der Waals surface area contributed by atoms with E-state index < -0.39 is 108 Å². The first kappa shape index (κ1) is 46.6. The number of carbonyl (C=O) groups excluding carboxylic acids is 8. The number of aromatic hydroxyl groups is 1. The summed E-state index contributed by atoms with van der Waals surface area (Å²) in [7, 11) is 0. The number of rotatable bonds is 26. The normalized spacial score (nSPS) is 10.1. The van der Waals surface area contributed by atoms with Gasteiger partial charge in [-0.3, -0.25) is 9.59 Å². The predicted molar refractivity (Wildman–Crippen MR) is 179 cm³/mol. The number of esters is 8. The highest BCUT2D eigenvalue weighted by molar-refractivity contribution is 5.96. The zero-order chi connectivity index (χ0) is 42.9. The second kappa shape index (κ2) is 25.5. The Morgan fingerprint density at radius 3 is 1.41 bits per heavy atom. The van der Waals surface area contributed by atoms with Crippen molar-refractivity contribution >= 4 is 47.8 Å². The highest BCUT2D eigenvalue weighted by Crippen LogP contribution is 2.30. The molecule has 0 aromatic heterocycles. The maximum absolute atomic E-state index is 12.5. The van der Waals surface area contributed by atoms with Crippen molar-refractivity contribution in [2.75, 3.05) is 52.9 Å². The van der Waals surface area contributed by atoms with Crippen LogP contribution in [-0.2, 0) is 66.9 Å². The van der Waals surface area contributed by atoms with E-state index in [0.717, 1.165) is 12.1 Å². The summed E-state index contributed by atoms with van der Waals surface area (Å²) in [4.78, 5) is 125. The number of phenols is 1. The van der Waals surface area contributed by atoms with E-state index in [0.29, 0.717) is 0 Å². The molecule has 0 fully saturated rings. The summed E-state index contributed by atoms with van der Waals surface area (Å²) in [5.41, 5.74) is -0.820. The molecule has 0 atom stereocenters. The van der Waals surface area contributed by atoms with Crippen molar-refractivity contribution < 1.29 is 101 Å². The number of carbonyl (C=O) groups is 8. The van der Waals surface area contributed by atoms with Crippen LogP contribution in [0.1, 0.15) is 52.8 Å². The third-order valence-corrected chi connectivity index (χ3v) is 6.40. The molecule has 0 amide bonds. The highest BCUT2D eigenvalue weighted by atomic mass is 17.0. The molecule has 0 bridgehead atoms. The fourth-order valence-electron chi connectivity index (χ4n) is 3.84. The van der Waals surface area contributed by atoms with Crippen molar-refractivity contribution in [1.29, 1.82) is 0 Å². The number of nitrogens with zero attached hydrogens (tertiary/aromatic N) is 2. The average molecular weight is 827 g/mol. The quantitative estimate of drug-likeness (QED) is 0.0260. The van der Waals surface area contributed by atoms with Crippen molar-refractivity contribution in [2.45, 2.75) is 32.1 Å². The maximum atomic E-state index is 12.5. The minimum Gasteiger partial charge on any atom is -0.504 e. The standard InChI is InChI=1S/C33H34N2O23/c36-25(51-19-29(40)57-23-10-2-1-8-21(23)32(43)53-17-27(38)49-12-3-5-14-55-34(45)46)16-26(37)52-20-30(41)58-24-11-7-9-22(31(24)42)33(44)54-18-28(39)50-13-4-6-15-56-35(47)48/h1-2,7-11,42H,3-6,12-20H2. The van der Waals surface area contributed by atoms with Crippen LogP contribution in [0.2, 0.25) is 0 Å². The van der Waals surface area contributed by atoms with Gasteiger partial charge in [0.25, 0.3) is 10.2 Å². The third-order valence-electron chi connectivity index (χ3n) is 6.40. The van der Waals surface area contributed by atoms with Crippen molar-refractivity contribution in [3.8, 4) is 17.2 Å². The molecule has 0 aliphatic carbocycles. The Morgan fingerprint density at radius 2 is 0.897 bits per heavy atom. The zero-order valence-electron chi connectivity index (χ0n) is 30.1. The Hall–Kier alpha value is -7.60. The number of hydrogen-bond donors (Lipinski definition) is 1. The molecule has 0 unspecified atom stereocenters.